The van der Waals surface area contributed by atoms with Crippen LogP contribution in [0.2, 0.25) is 0 Å². The number of carbonyl (C=O) groups excluding carboxylic acids is 1. The van der Waals surface area contributed by atoms with Crippen molar-refractivity contribution in [1.29, 1.82) is 0 Å². The summed E-state index contributed by atoms with van der Waals surface area (Å²) in [6.45, 7) is 0.314. The molecule has 0 spiro atoms. The molecule has 1 aromatic heterocycles. The Morgan fingerprint density at radius 2 is 1.92 bits per heavy atom. The molecule has 6 nitrogen and oxygen atoms in total. The van der Waals surface area contributed by atoms with Crippen molar-refractivity contribution in [2.75, 3.05) is 18.1 Å². The number of carbonyl (C=O) groups is 1. The molecule has 1 heterocycles. The molecule has 0 atom stereocenters. The van der Waals surface area contributed by atoms with Crippen LogP contribution in [-0.4, -0.2) is 33.1 Å². The molecule has 24 heavy (non-hydrogen) atoms. The lowest BCUT2D eigenvalue weighted by Crippen LogP contribution is -2.27. The molecule has 0 aliphatic heterocycles. The van der Waals surface area contributed by atoms with Crippen LogP contribution < -0.4 is 11.2 Å². The topological polar surface area (TPSA) is 85.8 Å². The van der Waals surface area contributed by atoms with Gasteiger partial charge in [-0.15, -0.1) is 10.2 Å². The van der Waals surface area contributed by atoms with Crippen molar-refractivity contribution in [3.63, 3.8) is 0 Å². The Balaban J connectivity index is 1.77. The molecule has 0 unspecified atom stereocenters. The van der Waals surface area contributed by atoms with Gasteiger partial charge in [-0.1, -0.05) is 23.9 Å². The van der Waals surface area contributed by atoms with E-state index in [1.54, 1.807) is 12.1 Å². The molecule has 0 radical (unpaired) electrons. The smallest absolute Gasteiger partial charge is 0.355 e. The fourth-order valence-corrected chi connectivity index (χ4v) is 2.43. The summed E-state index contributed by atoms with van der Waals surface area (Å²) >= 11 is 0.743. The van der Waals surface area contributed by atoms with E-state index in [1.165, 1.54) is 12.1 Å². The molecule has 2 rings (SSSR count). The van der Waals surface area contributed by atoms with Gasteiger partial charge in [0.2, 0.25) is 11.1 Å². The Labute approximate surface area is 138 Å². The molecule has 0 bridgehead atoms. The third kappa shape index (κ3) is 4.85. The first-order valence-electron chi connectivity index (χ1n) is 6.69. The van der Waals surface area contributed by atoms with E-state index in [4.69, 9.17) is 5.84 Å². The number of nitrogens with one attached hydrogen (secondary N) is 1. The lowest BCUT2D eigenvalue weighted by atomic mass is 10.1. The predicted octanol–water partition coefficient (Wildman–Crippen LogP) is 1.60. The summed E-state index contributed by atoms with van der Waals surface area (Å²) in [5, 5.41) is 8.65. The van der Waals surface area contributed by atoms with Crippen molar-refractivity contribution in [2.45, 2.75) is 17.8 Å². The van der Waals surface area contributed by atoms with Gasteiger partial charge in [-0.25, -0.2) is 9.07 Å². The number of halogens is 4. The molecule has 2 aromatic rings. The molecular weight excluding hydrogens is 350 g/mol. The Morgan fingerprint density at radius 1 is 1.25 bits per heavy atom. The second-order valence-electron chi connectivity index (χ2n) is 4.69. The van der Waals surface area contributed by atoms with E-state index in [9.17, 15) is 22.4 Å². The Hall–Kier alpha value is -2.30. The normalized spacial score (nSPS) is 11.5. The summed E-state index contributed by atoms with van der Waals surface area (Å²) in [6, 6.07) is 5.84. The van der Waals surface area contributed by atoms with E-state index in [0.717, 1.165) is 17.3 Å². The lowest BCUT2D eigenvalue weighted by Gasteiger charge is -2.07. The first-order chi connectivity index (χ1) is 11.3. The number of nitrogens with two attached hydrogens (primary N) is 1. The molecular formula is C13H13F4N5OS. The van der Waals surface area contributed by atoms with Crippen LogP contribution in [0.4, 0.5) is 17.6 Å². The van der Waals surface area contributed by atoms with Crippen molar-refractivity contribution in [2.24, 2.45) is 0 Å². The van der Waals surface area contributed by atoms with Crippen LogP contribution in [0, 0.1) is 5.82 Å². The van der Waals surface area contributed by atoms with Crippen molar-refractivity contribution >= 4 is 17.7 Å². The third-order valence-corrected chi connectivity index (χ3v) is 3.84. The molecule has 3 N–H and O–H groups in total. The zero-order chi connectivity index (χ0) is 17.7. The number of nitrogens with zero attached hydrogens (tertiary/aromatic N) is 3. The van der Waals surface area contributed by atoms with Gasteiger partial charge in [-0.05, 0) is 24.1 Å². The van der Waals surface area contributed by atoms with Gasteiger partial charge in [0, 0.05) is 6.54 Å². The van der Waals surface area contributed by atoms with Crippen molar-refractivity contribution in [3.05, 3.63) is 41.5 Å². The van der Waals surface area contributed by atoms with Crippen LogP contribution in [0.5, 0.6) is 0 Å². The molecule has 0 aliphatic carbocycles. The van der Waals surface area contributed by atoms with Crippen LogP contribution in [0.3, 0.4) is 0 Å². The third-order valence-electron chi connectivity index (χ3n) is 2.90. The first-order valence-corrected chi connectivity index (χ1v) is 7.67. The summed E-state index contributed by atoms with van der Waals surface area (Å²) in [4.78, 5) is 11.7. The number of rotatable bonds is 6. The Kier molecular flexibility index (Phi) is 5.65. The summed E-state index contributed by atoms with van der Waals surface area (Å²) < 4.78 is 50.5. The molecule has 11 heteroatoms. The average molecular weight is 363 g/mol. The second kappa shape index (κ2) is 7.51. The highest BCUT2D eigenvalue weighted by Gasteiger charge is 2.38. The van der Waals surface area contributed by atoms with Crippen LogP contribution in [0.15, 0.2) is 29.4 Å². The number of alkyl halides is 3. The van der Waals surface area contributed by atoms with Crippen LogP contribution in [0.1, 0.15) is 11.4 Å². The standard InChI is InChI=1S/C13H13F4N5OS/c14-9-3-1-8(2-4-9)5-6-19-10(23)7-24-12-21-20-11(22(12)18)13(15,16)17/h1-4H,5-7,18H2,(H,19,23). The number of benzene rings is 1. The van der Waals surface area contributed by atoms with Gasteiger partial charge in [0.05, 0.1) is 5.75 Å². The van der Waals surface area contributed by atoms with E-state index in [1.807, 2.05) is 0 Å². The van der Waals surface area contributed by atoms with Gasteiger partial charge in [-0.3, -0.25) is 4.79 Å². The lowest BCUT2D eigenvalue weighted by molar-refractivity contribution is -0.146. The summed E-state index contributed by atoms with van der Waals surface area (Å²) in [6.07, 6.45) is -4.21. The van der Waals surface area contributed by atoms with Gasteiger partial charge < -0.3 is 11.2 Å². The fourth-order valence-electron chi connectivity index (χ4n) is 1.75. The van der Waals surface area contributed by atoms with E-state index in [2.05, 4.69) is 15.5 Å². The predicted molar refractivity (Wildman–Crippen MR) is 79.0 cm³/mol. The maximum atomic E-state index is 12.7. The number of thioether (sulfide) groups is 1. The second-order valence-corrected chi connectivity index (χ2v) is 5.63. The maximum Gasteiger partial charge on any atom is 0.453 e. The number of amides is 1. The highest BCUT2D eigenvalue weighted by atomic mass is 32.2. The van der Waals surface area contributed by atoms with Gasteiger partial charge in [0.1, 0.15) is 5.82 Å². The molecule has 0 saturated heterocycles. The average Bonchev–Trinajstić information content (AvgIpc) is 2.88. The SMILES string of the molecule is Nn1c(SCC(=O)NCCc2ccc(F)cc2)nnc1C(F)(F)F. The summed E-state index contributed by atoms with van der Waals surface area (Å²) in [5.41, 5.74) is 0.848. The highest BCUT2D eigenvalue weighted by Crippen LogP contribution is 2.28. The maximum absolute atomic E-state index is 12.7. The van der Waals surface area contributed by atoms with Crippen molar-refractivity contribution in [1.82, 2.24) is 20.2 Å². The number of hydrogen-bond acceptors (Lipinski definition) is 5. The monoisotopic (exact) mass is 363 g/mol. The summed E-state index contributed by atoms with van der Waals surface area (Å²) in [7, 11) is 0. The van der Waals surface area contributed by atoms with E-state index < -0.39 is 17.9 Å². The molecule has 0 fully saturated rings. The molecule has 1 aromatic carbocycles. The van der Waals surface area contributed by atoms with Crippen LogP contribution in [-0.2, 0) is 17.4 Å². The Bertz CT molecular complexity index is 701. The number of hydrogen-bond donors (Lipinski definition) is 2. The number of aromatic nitrogens is 3. The minimum Gasteiger partial charge on any atom is -0.355 e. The molecule has 0 aliphatic rings. The van der Waals surface area contributed by atoms with E-state index >= 15 is 0 Å². The first kappa shape index (κ1) is 18.0. The zero-order valence-corrected chi connectivity index (χ0v) is 13.0. The Morgan fingerprint density at radius 3 is 2.50 bits per heavy atom. The fraction of sp³-hybridized carbons (Fsp3) is 0.308. The van der Waals surface area contributed by atoms with Crippen molar-refractivity contribution in [3.8, 4) is 0 Å². The van der Waals surface area contributed by atoms with Crippen molar-refractivity contribution < 1.29 is 22.4 Å². The largest absolute Gasteiger partial charge is 0.453 e. The minimum absolute atomic E-state index is 0.156. The van der Waals surface area contributed by atoms with Gasteiger partial charge >= 0.3 is 6.18 Å². The molecule has 1 amide bonds. The van der Waals surface area contributed by atoms with Crippen LogP contribution >= 0.6 is 11.8 Å². The molecule has 130 valence electrons. The van der Waals surface area contributed by atoms with E-state index in [0.29, 0.717) is 17.6 Å². The minimum atomic E-state index is -4.71. The molecule has 0 saturated carbocycles. The van der Waals surface area contributed by atoms with Gasteiger partial charge in [-0.2, -0.15) is 13.2 Å². The quantitative estimate of drug-likeness (QED) is 0.463. The van der Waals surface area contributed by atoms with Gasteiger partial charge in [0.15, 0.2) is 0 Å². The highest BCUT2D eigenvalue weighted by molar-refractivity contribution is 7.99. The van der Waals surface area contributed by atoms with E-state index in [-0.39, 0.29) is 16.7 Å². The summed E-state index contributed by atoms with van der Waals surface area (Å²) in [5.74, 6) is 3.03. The van der Waals surface area contributed by atoms with Crippen LogP contribution in [0.25, 0.3) is 0 Å². The zero-order valence-electron chi connectivity index (χ0n) is 12.2. The number of nitrogen functional groups attached to an aromatic ring is 1. The van der Waals surface area contributed by atoms with Gasteiger partial charge in [0.25, 0.3) is 5.82 Å².